The number of aliphatic hydroxyl groups excluding tert-OH is 1. The number of hydrogen-bond acceptors (Lipinski definition) is 7. The molecule has 3 N–H and O–H groups in total. The summed E-state index contributed by atoms with van der Waals surface area (Å²) in [5.41, 5.74) is 8.59. The summed E-state index contributed by atoms with van der Waals surface area (Å²) in [6.45, 7) is 7.62. The molecule has 0 aliphatic carbocycles. The van der Waals surface area contributed by atoms with Crippen LogP contribution in [0.25, 0.3) is 11.1 Å². The van der Waals surface area contributed by atoms with E-state index in [-0.39, 0.29) is 30.8 Å². The number of urea groups is 1. The first-order valence-corrected chi connectivity index (χ1v) is 17.1. The number of hydrogen-bond donors (Lipinski definition) is 3. The summed E-state index contributed by atoms with van der Waals surface area (Å²) in [7, 11) is 3.35. The van der Waals surface area contributed by atoms with Crippen molar-refractivity contribution in [3.8, 4) is 22.6 Å². The molecule has 4 aromatic carbocycles. The molecule has 2 amide bonds. The molecule has 1 fully saturated rings. The molecule has 2 aliphatic heterocycles. The lowest BCUT2D eigenvalue weighted by Crippen LogP contribution is -2.45. The van der Waals surface area contributed by atoms with Gasteiger partial charge in [-0.25, -0.2) is 4.79 Å². The Balaban J connectivity index is 1.21. The number of methoxy groups -OCH3 is 2. The largest absolute Gasteiger partial charge is 0.493 e. The zero-order valence-corrected chi connectivity index (χ0v) is 28.8. The smallest absolute Gasteiger partial charge is 0.315 e. The van der Waals surface area contributed by atoms with Crippen molar-refractivity contribution in [2.24, 2.45) is 5.92 Å². The van der Waals surface area contributed by atoms with E-state index in [4.69, 9.17) is 18.9 Å². The molecule has 6 rings (SSSR count). The first kappa shape index (κ1) is 34.5. The van der Waals surface area contributed by atoms with E-state index in [1.807, 2.05) is 31.2 Å². The predicted molar refractivity (Wildman–Crippen MR) is 189 cm³/mol. The standard InChI is InChI=1S/C40H47N3O6/c1-5-41-40(45)42-22-28-7-6-8-32(19-28)29-13-15-31(16-14-29)39-48-37(26(2)38(49-39)30-11-9-27(25-44)10-12-30)24-43-18-17-33-20-35(46-3)36(47-4)21-34(33)23-43/h6-16,19-21,26,37-39,44H,5,17-18,22-25H2,1-4H3,(H2,41,42,45)/t26-,37+,38+,39+/m1/s1. The van der Waals surface area contributed by atoms with Crippen molar-refractivity contribution < 1.29 is 28.8 Å². The molecule has 4 atom stereocenters. The lowest BCUT2D eigenvalue weighted by Gasteiger charge is -2.43. The third-order valence-corrected chi connectivity index (χ3v) is 9.59. The minimum atomic E-state index is -0.549. The maximum atomic E-state index is 11.9. The fourth-order valence-corrected chi connectivity index (χ4v) is 6.78. The molecule has 0 bridgehead atoms. The number of fused-ring (bicyclic) bond motifs is 1. The van der Waals surface area contributed by atoms with Gasteiger partial charge < -0.3 is 34.7 Å². The maximum Gasteiger partial charge on any atom is 0.315 e. The Labute approximate surface area is 289 Å². The molecule has 0 saturated carbocycles. The Morgan fingerprint density at radius 3 is 2.27 bits per heavy atom. The third-order valence-electron chi connectivity index (χ3n) is 9.59. The van der Waals surface area contributed by atoms with Crippen molar-refractivity contribution in [3.63, 3.8) is 0 Å². The number of ether oxygens (including phenoxy) is 4. The van der Waals surface area contributed by atoms with Crippen molar-refractivity contribution >= 4 is 6.03 Å². The van der Waals surface area contributed by atoms with Gasteiger partial charge >= 0.3 is 6.03 Å². The van der Waals surface area contributed by atoms with Crippen LogP contribution in [-0.2, 0) is 35.6 Å². The molecule has 2 aliphatic rings. The van der Waals surface area contributed by atoms with Crippen molar-refractivity contribution in [1.82, 2.24) is 15.5 Å². The summed E-state index contributed by atoms with van der Waals surface area (Å²) in [5.74, 6) is 1.59. The summed E-state index contributed by atoms with van der Waals surface area (Å²) >= 11 is 0. The second-order valence-electron chi connectivity index (χ2n) is 12.8. The van der Waals surface area contributed by atoms with Gasteiger partial charge in [-0.15, -0.1) is 0 Å². The second kappa shape index (κ2) is 15.9. The van der Waals surface area contributed by atoms with Crippen LogP contribution in [0.1, 0.15) is 59.6 Å². The molecule has 4 aromatic rings. The van der Waals surface area contributed by atoms with Crippen LogP contribution in [0.5, 0.6) is 11.5 Å². The second-order valence-corrected chi connectivity index (χ2v) is 12.8. The van der Waals surface area contributed by atoms with E-state index >= 15 is 0 Å². The van der Waals surface area contributed by atoms with Crippen LogP contribution in [0.15, 0.2) is 84.9 Å². The van der Waals surface area contributed by atoms with E-state index in [9.17, 15) is 9.90 Å². The van der Waals surface area contributed by atoms with Crippen molar-refractivity contribution in [2.45, 2.75) is 58.5 Å². The Morgan fingerprint density at radius 2 is 1.57 bits per heavy atom. The zero-order valence-electron chi connectivity index (χ0n) is 28.8. The molecule has 1 saturated heterocycles. The van der Waals surface area contributed by atoms with Gasteiger partial charge in [0.15, 0.2) is 17.8 Å². The average Bonchev–Trinajstić information content (AvgIpc) is 3.14. The van der Waals surface area contributed by atoms with Crippen LogP contribution >= 0.6 is 0 Å². The molecule has 9 nitrogen and oxygen atoms in total. The highest BCUT2D eigenvalue weighted by atomic mass is 16.7. The topological polar surface area (TPSA) is 102 Å². The molecular weight excluding hydrogens is 618 g/mol. The van der Waals surface area contributed by atoms with Gasteiger partial charge in [0.25, 0.3) is 0 Å². The Kier molecular flexibility index (Phi) is 11.2. The van der Waals surface area contributed by atoms with E-state index in [0.717, 1.165) is 70.9 Å². The fourth-order valence-electron chi connectivity index (χ4n) is 6.78. The van der Waals surface area contributed by atoms with Gasteiger partial charge in [0.1, 0.15) is 0 Å². The fraction of sp³-hybridized carbons (Fsp3) is 0.375. The number of nitrogens with zero attached hydrogens (tertiary/aromatic N) is 1. The van der Waals surface area contributed by atoms with E-state index < -0.39 is 6.29 Å². The van der Waals surface area contributed by atoms with Gasteiger partial charge in [0.2, 0.25) is 0 Å². The quantitative estimate of drug-likeness (QED) is 0.168. The summed E-state index contributed by atoms with van der Waals surface area (Å²) in [6.07, 6.45) is 0.100. The Morgan fingerprint density at radius 1 is 0.857 bits per heavy atom. The highest BCUT2D eigenvalue weighted by Crippen LogP contribution is 2.43. The van der Waals surface area contributed by atoms with E-state index in [0.29, 0.717) is 13.1 Å². The monoisotopic (exact) mass is 665 g/mol. The number of aliphatic hydroxyl groups is 1. The van der Waals surface area contributed by atoms with Crippen LogP contribution in [0, 0.1) is 5.92 Å². The van der Waals surface area contributed by atoms with Gasteiger partial charge in [0, 0.05) is 44.2 Å². The number of benzene rings is 4. The predicted octanol–water partition coefficient (Wildman–Crippen LogP) is 6.53. The van der Waals surface area contributed by atoms with Crippen LogP contribution in [-0.4, -0.2) is 56.0 Å². The SMILES string of the molecule is CCNC(=O)NCc1cccc(-c2ccc([C@H]3O[C@@H](CN4CCc5cc(OC)c(OC)cc5C4)[C@@H](C)[C@@H](c4ccc(CO)cc4)O3)cc2)c1. The van der Waals surface area contributed by atoms with Crippen molar-refractivity contribution in [2.75, 3.05) is 33.9 Å². The average molecular weight is 666 g/mol. The van der Waals surface area contributed by atoms with Crippen LogP contribution < -0.4 is 20.1 Å². The lowest BCUT2D eigenvalue weighted by molar-refractivity contribution is -0.276. The summed E-state index contributed by atoms with van der Waals surface area (Å²) in [6, 6.07) is 28.6. The number of amides is 2. The van der Waals surface area contributed by atoms with E-state index in [1.54, 1.807) is 14.2 Å². The molecule has 9 heteroatoms. The Bertz CT molecular complexity index is 1710. The normalized spacial score (nSPS) is 20.7. The maximum absolute atomic E-state index is 11.9. The summed E-state index contributed by atoms with van der Waals surface area (Å²) in [4.78, 5) is 14.3. The highest BCUT2D eigenvalue weighted by Gasteiger charge is 2.39. The summed E-state index contributed by atoms with van der Waals surface area (Å²) in [5, 5.41) is 15.3. The molecular formula is C40H47N3O6. The Hall–Kier alpha value is -4.41. The lowest BCUT2D eigenvalue weighted by atomic mass is 9.89. The van der Waals surface area contributed by atoms with E-state index in [1.165, 1.54) is 11.1 Å². The van der Waals surface area contributed by atoms with Crippen LogP contribution in [0.2, 0.25) is 0 Å². The highest BCUT2D eigenvalue weighted by molar-refractivity contribution is 5.74. The van der Waals surface area contributed by atoms with Gasteiger partial charge in [-0.3, -0.25) is 4.90 Å². The number of rotatable bonds is 11. The zero-order chi connectivity index (χ0) is 34.3. The molecule has 0 aromatic heterocycles. The minimum Gasteiger partial charge on any atom is -0.493 e. The molecule has 49 heavy (non-hydrogen) atoms. The molecule has 0 unspecified atom stereocenters. The molecule has 0 radical (unpaired) electrons. The van der Waals surface area contributed by atoms with Gasteiger partial charge in [0.05, 0.1) is 33.0 Å². The van der Waals surface area contributed by atoms with Crippen LogP contribution in [0.4, 0.5) is 4.79 Å². The van der Waals surface area contributed by atoms with Crippen molar-refractivity contribution in [1.29, 1.82) is 0 Å². The minimum absolute atomic E-state index is 0.00275. The van der Waals surface area contributed by atoms with Gasteiger partial charge in [-0.05, 0) is 70.5 Å². The molecule has 258 valence electrons. The number of carbonyl (C=O) groups excluding carboxylic acids is 1. The first-order chi connectivity index (χ1) is 23.9. The van der Waals surface area contributed by atoms with Gasteiger partial charge in [-0.2, -0.15) is 0 Å². The van der Waals surface area contributed by atoms with Gasteiger partial charge in [-0.1, -0.05) is 73.7 Å². The van der Waals surface area contributed by atoms with Crippen LogP contribution in [0.3, 0.4) is 0 Å². The molecule has 2 heterocycles. The van der Waals surface area contributed by atoms with Crippen molar-refractivity contribution in [3.05, 3.63) is 118 Å². The first-order valence-electron chi connectivity index (χ1n) is 17.1. The summed E-state index contributed by atoms with van der Waals surface area (Å²) < 4.78 is 24.7. The number of carbonyl (C=O) groups is 1. The molecule has 0 spiro atoms. The number of nitrogens with one attached hydrogen (secondary N) is 2. The third kappa shape index (κ3) is 8.08. The van der Waals surface area contributed by atoms with E-state index in [2.05, 4.69) is 83.1 Å².